The van der Waals surface area contributed by atoms with E-state index in [1.165, 1.54) is 24.3 Å². The van der Waals surface area contributed by atoms with Crippen molar-refractivity contribution in [1.29, 1.82) is 0 Å². The van der Waals surface area contributed by atoms with Gasteiger partial charge in [0.25, 0.3) is 0 Å². The Morgan fingerprint density at radius 1 is 0.545 bits per heavy atom. The predicted octanol–water partition coefficient (Wildman–Crippen LogP) is 7.85. The van der Waals surface area contributed by atoms with Crippen LogP contribution < -0.4 is 0 Å². The van der Waals surface area contributed by atoms with Gasteiger partial charge in [-0.05, 0) is 85.5 Å². The molecule has 0 radical (unpaired) electrons. The molecule has 2 aliphatic rings. The second-order valence-electron chi connectivity index (χ2n) is 13.4. The molecule has 0 aliphatic heterocycles. The number of hydrogen-bond acceptors (Lipinski definition) is 8. The van der Waals surface area contributed by atoms with E-state index < -0.39 is 23.9 Å². The largest absolute Gasteiger partial charge is 0.458 e. The Bertz CT molecular complexity index is 1230. The molecule has 0 unspecified atom stereocenters. The Hall–Kier alpha value is -3.68. The van der Waals surface area contributed by atoms with Gasteiger partial charge in [0.05, 0.1) is 22.3 Å². The van der Waals surface area contributed by atoms with Crippen LogP contribution in [0.5, 0.6) is 0 Å². The first-order chi connectivity index (χ1) is 21.0. The lowest BCUT2D eigenvalue weighted by molar-refractivity contribution is -0.187. The predicted molar refractivity (Wildman–Crippen MR) is 165 cm³/mol. The summed E-state index contributed by atoms with van der Waals surface area (Å²) < 4.78 is 11.9. The average Bonchev–Trinajstić information content (AvgIpc) is 2.99. The van der Waals surface area contributed by atoms with Crippen molar-refractivity contribution < 1.29 is 38.4 Å². The van der Waals surface area contributed by atoms with E-state index in [2.05, 4.69) is 41.5 Å². The van der Waals surface area contributed by atoms with Gasteiger partial charge in [-0.25, -0.2) is 29.0 Å². The number of hydrogen-bond donors (Lipinski definition) is 0. The molecule has 0 heterocycles. The molecule has 4 rings (SSSR count). The molecule has 2 aliphatic carbocycles. The molecular formula is C36H46O8. The van der Waals surface area contributed by atoms with Gasteiger partial charge in [0.15, 0.2) is 0 Å². The summed E-state index contributed by atoms with van der Waals surface area (Å²) in [6.07, 6.45) is 5.15. The van der Waals surface area contributed by atoms with E-state index in [1.54, 1.807) is 24.3 Å². The molecule has 8 nitrogen and oxygen atoms in total. The average molecular weight is 607 g/mol. The highest BCUT2D eigenvalue weighted by Gasteiger charge is 2.36. The molecule has 2 fully saturated rings. The summed E-state index contributed by atoms with van der Waals surface area (Å²) in [5, 5.41) is 0. The summed E-state index contributed by atoms with van der Waals surface area (Å²) in [6, 6.07) is 12.2. The molecule has 0 spiro atoms. The minimum Gasteiger partial charge on any atom is -0.458 e. The molecule has 2 aromatic rings. The first-order valence-electron chi connectivity index (χ1n) is 16.0. The lowest BCUT2D eigenvalue weighted by Gasteiger charge is -2.36. The van der Waals surface area contributed by atoms with Crippen LogP contribution in [-0.2, 0) is 19.2 Å². The summed E-state index contributed by atoms with van der Waals surface area (Å²) in [5.74, 6) is -1.27. The fourth-order valence-electron chi connectivity index (χ4n) is 6.75. The molecule has 44 heavy (non-hydrogen) atoms. The summed E-state index contributed by atoms with van der Waals surface area (Å²) in [6.45, 7) is 12.8. The first kappa shape index (κ1) is 33.2. The topological polar surface area (TPSA) is 105 Å². The molecule has 0 amide bonds. The maximum atomic E-state index is 13.3. The number of benzene rings is 2. The van der Waals surface area contributed by atoms with Gasteiger partial charge in [-0.3, -0.25) is 0 Å². The van der Waals surface area contributed by atoms with E-state index in [1.807, 2.05) is 0 Å². The van der Waals surface area contributed by atoms with E-state index >= 15 is 0 Å². The van der Waals surface area contributed by atoms with Crippen molar-refractivity contribution in [3.63, 3.8) is 0 Å². The molecule has 2 saturated carbocycles. The molecule has 0 bridgehead atoms. The molecule has 0 N–H and O–H groups in total. The van der Waals surface area contributed by atoms with E-state index in [0.29, 0.717) is 23.7 Å². The Morgan fingerprint density at radius 3 is 1.18 bits per heavy atom. The highest BCUT2D eigenvalue weighted by Crippen LogP contribution is 2.37. The van der Waals surface area contributed by atoms with Crippen LogP contribution in [0.15, 0.2) is 48.5 Å². The molecule has 238 valence electrons. The van der Waals surface area contributed by atoms with Gasteiger partial charge in [0.2, 0.25) is 0 Å². The zero-order valence-corrected chi connectivity index (χ0v) is 26.7. The van der Waals surface area contributed by atoms with Gasteiger partial charge in [0.1, 0.15) is 12.2 Å². The fourth-order valence-corrected chi connectivity index (χ4v) is 6.75. The maximum absolute atomic E-state index is 13.3. The molecule has 8 heteroatoms. The van der Waals surface area contributed by atoms with Crippen LogP contribution in [0.25, 0.3) is 0 Å². The fraction of sp³-hybridized carbons (Fsp3) is 0.556. The summed E-state index contributed by atoms with van der Waals surface area (Å²) >= 11 is 0. The smallest absolute Gasteiger partial charge is 0.387 e. The third kappa shape index (κ3) is 8.07. The van der Waals surface area contributed by atoms with Crippen LogP contribution in [0.3, 0.4) is 0 Å². The highest BCUT2D eigenvalue weighted by molar-refractivity contribution is 6.05. The molecule has 0 saturated heterocycles. The van der Waals surface area contributed by atoms with E-state index in [0.717, 1.165) is 38.5 Å². The Balaban J connectivity index is 1.43. The van der Waals surface area contributed by atoms with Crippen molar-refractivity contribution in [2.24, 2.45) is 35.5 Å². The van der Waals surface area contributed by atoms with Crippen LogP contribution >= 0.6 is 0 Å². The third-order valence-electron chi connectivity index (χ3n) is 9.37. The molecule has 2 aromatic carbocycles. The Kier molecular flexibility index (Phi) is 11.2. The second kappa shape index (κ2) is 14.9. The van der Waals surface area contributed by atoms with Gasteiger partial charge in [0, 0.05) is 0 Å². The molecule has 6 atom stereocenters. The van der Waals surface area contributed by atoms with Gasteiger partial charge >= 0.3 is 23.9 Å². The lowest BCUT2D eigenvalue weighted by atomic mass is 9.75. The van der Waals surface area contributed by atoms with E-state index in [-0.39, 0.29) is 46.3 Å². The SMILES string of the molecule is CC(C)[C@H]1CC[C@H](C)C[C@@H]1OC(=O)c1ccccc1C(=O)OOC(=O)c1ccccc1C(=O)O[C@H]1C[C@@H](C)CC[C@@H]1C(C)C. The van der Waals surface area contributed by atoms with Crippen molar-refractivity contribution in [2.45, 2.75) is 92.3 Å². The Morgan fingerprint density at radius 2 is 0.864 bits per heavy atom. The number of ether oxygens (including phenoxy) is 2. The quantitative estimate of drug-likeness (QED) is 0.170. The van der Waals surface area contributed by atoms with Gasteiger partial charge < -0.3 is 9.47 Å². The third-order valence-corrected chi connectivity index (χ3v) is 9.37. The maximum Gasteiger partial charge on any atom is 0.387 e. The van der Waals surface area contributed by atoms with E-state index in [9.17, 15) is 19.2 Å². The highest BCUT2D eigenvalue weighted by atomic mass is 17.2. The monoisotopic (exact) mass is 606 g/mol. The zero-order valence-electron chi connectivity index (χ0n) is 26.7. The standard InChI is InChI=1S/C36H46O8/c1-21(2)25-17-15-23(5)19-31(25)41-33(37)27-11-7-9-13-29(27)35(39)43-44-36(40)30-14-10-8-12-28(30)34(38)42-32-20-24(6)16-18-26(32)22(3)4/h7-14,21-26,31-32H,15-20H2,1-6H3/t23-,24-,25+,26+,31-,32-/m0/s1. The first-order valence-corrected chi connectivity index (χ1v) is 16.0. The second-order valence-corrected chi connectivity index (χ2v) is 13.4. The summed E-state index contributed by atoms with van der Waals surface area (Å²) in [4.78, 5) is 62.4. The normalized spacial score (nSPS) is 25.3. The van der Waals surface area contributed by atoms with Crippen LogP contribution in [0.1, 0.15) is 121 Å². The molecular weight excluding hydrogens is 560 g/mol. The van der Waals surface area contributed by atoms with Crippen LogP contribution in [-0.4, -0.2) is 36.1 Å². The van der Waals surface area contributed by atoms with Crippen molar-refractivity contribution in [1.82, 2.24) is 0 Å². The minimum absolute atomic E-state index is 0.0275. The summed E-state index contributed by atoms with van der Waals surface area (Å²) in [7, 11) is 0. The van der Waals surface area contributed by atoms with Crippen LogP contribution in [0, 0.1) is 35.5 Å². The van der Waals surface area contributed by atoms with E-state index in [4.69, 9.17) is 19.2 Å². The van der Waals surface area contributed by atoms with Crippen molar-refractivity contribution in [3.8, 4) is 0 Å². The number of rotatable bonds is 8. The minimum atomic E-state index is -1.03. The Labute approximate surface area is 260 Å². The van der Waals surface area contributed by atoms with Crippen molar-refractivity contribution in [3.05, 3.63) is 70.8 Å². The van der Waals surface area contributed by atoms with Gasteiger partial charge in [-0.1, -0.05) is 78.6 Å². The molecule has 0 aromatic heterocycles. The zero-order chi connectivity index (χ0) is 32.0. The summed E-state index contributed by atoms with van der Waals surface area (Å²) in [5.41, 5.74) is -0.123. The van der Waals surface area contributed by atoms with Crippen LogP contribution in [0.4, 0.5) is 0 Å². The van der Waals surface area contributed by atoms with Gasteiger partial charge in [-0.15, -0.1) is 0 Å². The van der Waals surface area contributed by atoms with Gasteiger partial charge in [-0.2, -0.15) is 0 Å². The van der Waals surface area contributed by atoms with Crippen molar-refractivity contribution in [2.75, 3.05) is 0 Å². The van der Waals surface area contributed by atoms with Crippen LogP contribution in [0.2, 0.25) is 0 Å². The number of esters is 2. The number of carbonyl (C=O) groups is 4. The lowest BCUT2D eigenvalue weighted by Crippen LogP contribution is -2.36. The number of carbonyl (C=O) groups excluding carboxylic acids is 4. The van der Waals surface area contributed by atoms with Crippen molar-refractivity contribution >= 4 is 23.9 Å².